The fourth-order valence-corrected chi connectivity index (χ4v) is 3.68. The Labute approximate surface area is 116 Å². The highest BCUT2D eigenvalue weighted by molar-refractivity contribution is 8.00. The number of aromatic hydroxyl groups is 1. The summed E-state index contributed by atoms with van der Waals surface area (Å²) in [6.45, 7) is 0. The van der Waals surface area contributed by atoms with Crippen molar-refractivity contribution in [2.24, 2.45) is 0 Å². The van der Waals surface area contributed by atoms with Crippen LogP contribution in [0.4, 0.5) is 0 Å². The van der Waals surface area contributed by atoms with E-state index in [2.05, 4.69) is 12.1 Å². The Kier molecular flexibility index (Phi) is 3.30. The molecule has 2 nitrogen and oxygen atoms in total. The molecule has 0 amide bonds. The lowest BCUT2D eigenvalue weighted by atomic mass is 10.0. The summed E-state index contributed by atoms with van der Waals surface area (Å²) in [6, 6.07) is 15.3. The Hall–Kier alpha value is -1.74. The van der Waals surface area contributed by atoms with Crippen molar-refractivity contribution in [3.8, 4) is 5.75 Å². The SMILES string of the molecule is O=C1CC(Cc2ccccc2)Sc2ccc(O)cc21. The summed E-state index contributed by atoms with van der Waals surface area (Å²) in [4.78, 5) is 13.1. The minimum Gasteiger partial charge on any atom is -0.508 e. The highest BCUT2D eigenvalue weighted by Crippen LogP contribution is 2.38. The minimum absolute atomic E-state index is 0.130. The molecule has 3 rings (SSSR count). The van der Waals surface area contributed by atoms with Gasteiger partial charge in [-0.2, -0.15) is 0 Å². The molecule has 1 heterocycles. The molecule has 0 aromatic heterocycles. The Bertz CT molecular complexity index is 607. The summed E-state index contributed by atoms with van der Waals surface area (Å²) in [6.07, 6.45) is 1.44. The maximum atomic E-state index is 12.1. The standard InChI is InChI=1S/C16H14O2S/c17-12-6-7-16-14(9-12)15(18)10-13(19-16)8-11-4-2-1-3-5-11/h1-7,9,13,17H,8,10H2. The summed E-state index contributed by atoms with van der Waals surface area (Å²) in [5.74, 6) is 0.291. The van der Waals surface area contributed by atoms with Crippen LogP contribution in [0.3, 0.4) is 0 Å². The van der Waals surface area contributed by atoms with Gasteiger partial charge >= 0.3 is 0 Å². The first-order valence-corrected chi connectivity index (χ1v) is 7.17. The van der Waals surface area contributed by atoms with Gasteiger partial charge in [0.25, 0.3) is 0 Å². The van der Waals surface area contributed by atoms with Crippen molar-refractivity contribution in [2.75, 3.05) is 0 Å². The topological polar surface area (TPSA) is 37.3 Å². The average Bonchev–Trinajstić information content (AvgIpc) is 2.41. The lowest BCUT2D eigenvalue weighted by molar-refractivity contribution is 0.0976. The Morgan fingerprint density at radius 3 is 2.74 bits per heavy atom. The molecule has 0 spiro atoms. The molecule has 0 radical (unpaired) electrons. The lowest BCUT2D eigenvalue weighted by Crippen LogP contribution is -2.19. The molecule has 0 bridgehead atoms. The zero-order chi connectivity index (χ0) is 13.2. The van der Waals surface area contributed by atoms with E-state index in [1.54, 1.807) is 23.9 Å². The van der Waals surface area contributed by atoms with E-state index in [4.69, 9.17) is 0 Å². The van der Waals surface area contributed by atoms with Gasteiger partial charge < -0.3 is 5.11 Å². The molecule has 0 saturated carbocycles. The average molecular weight is 270 g/mol. The van der Waals surface area contributed by atoms with E-state index in [0.717, 1.165) is 11.3 Å². The molecule has 1 N–H and O–H groups in total. The molecule has 1 atom stereocenters. The first-order chi connectivity index (χ1) is 9.22. The van der Waals surface area contributed by atoms with E-state index in [1.807, 2.05) is 24.3 Å². The van der Waals surface area contributed by atoms with Gasteiger partial charge in [-0.05, 0) is 30.2 Å². The zero-order valence-corrected chi connectivity index (χ0v) is 11.2. The number of hydrogen-bond donors (Lipinski definition) is 1. The molecule has 1 aliphatic heterocycles. The van der Waals surface area contributed by atoms with E-state index in [1.165, 1.54) is 5.56 Å². The molecule has 0 saturated heterocycles. The van der Waals surface area contributed by atoms with E-state index in [-0.39, 0.29) is 16.8 Å². The highest BCUT2D eigenvalue weighted by atomic mass is 32.2. The van der Waals surface area contributed by atoms with Crippen LogP contribution in [0.1, 0.15) is 22.3 Å². The molecular formula is C16H14O2S. The molecule has 2 aromatic rings. The van der Waals surface area contributed by atoms with Crippen molar-refractivity contribution in [3.05, 3.63) is 59.7 Å². The number of carbonyl (C=O) groups excluding carboxylic acids is 1. The van der Waals surface area contributed by atoms with Gasteiger partial charge in [0.05, 0.1) is 0 Å². The maximum Gasteiger partial charge on any atom is 0.165 e. The number of Topliss-reactive ketones (excluding diaryl/α,β-unsaturated/α-hetero) is 1. The van der Waals surface area contributed by atoms with Crippen molar-refractivity contribution >= 4 is 17.5 Å². The van der Waals surface area contributed by atoms with Gasteiger partial charge in [-0.15, -0.1) is 11.8 Å². The van der Waals surface area contributed by atoms with E-state index in [0.29, 0.717) is 12.0 Å². The predicted octanol–water partition coefficient (Wildman–Crippen LogP) is 3.68. The summed E-state index contributed by atoms with van der Waals surface area (Å²) < 4.78 is 0. The summed E-state index contributed by atoms with van der Waals surface area (Å²) in [5.41, 5.74) is 1.92. The fourth-order valence-electron chi connectivity index (χ4n) is 2.37. The van der Waals surface area contributed by atoms with Gasteiger partial charge in [-0.1, -0.05) is 30.3 Å². The number of phenolic OH excluding ortho intramolecular Hbond substituents is 1. The first-order valence-electron chi connectivity index (χ1n) is 6.29. The van der Waals surface area contributed by atoms with Crippen LogP contribution in [0.15, 0.2) is 53.4 Å². The molecule has 2 aromatic carbocycles. The Balaban J connectivity index is 1.82. The second kappa shape index (κ2) is 5.10. The summed E-state index contributed by atoms with van der Waals surface area (Å²) >= 11 is 1.73. The van der Waals surface area contributed by atoms with Gasteiger partial charge in [-0.3, -0.25) is 4.79 Å². The van der Waals surface area contributed by atoms with Crippen molar-refractivity contribution in [1.82, 2.24) is 0 Å². The van der Waals surface area contributed by atoms with Gasteiger partial charge in [0.2, 0.25) is 0 Å². The number of rotatable bonds is 2. The van der Waals surface area contributed by atoms with E-state index in [9.17, 15) is 9.90 Å². The Morgan fingerprint density at radius 1 is 1.16 bits per heavy atom. The second-order valence-electron chi connectivity index (χ2n) is 4.74. The zero-order valence-electron chi connectivity index (χ0n) is 10.4. The molecular weight excluding hydrogens is 256 g/mol. The van der Waals surface area contributed by atoms with Crippen LogP contribution in [0.5, 0.6) is 5.75 Å². The van der Waals surface area contributed by atoms with Gasteiger partial charge in [0.1, 0.15) is 5.75 Å². The second-order valence-corrected chi connectivity index (χ2v) is 6.08. The van der Waals surface area contributed by atoms with Crippen LogP contribution in [-0.4, -0.2) is 16.1 Å². The van der Waals surface area contributed by atoms with Crippen molar-refractivity contribution in [2.45, 2.75) is 23.0 Å². The minimum atomic E-state index is 0.130. The number of hydrogen-bond acceptors (Lipinski definition) is 3. The summed E-state index contributed by atoms with van der Waals surface area (Å²) in [7, 11) is 0. The van der Waals surface area contributed by atoms with Crippen molar-refractivity contribution < 1.29 is 9.90 Å². The highest BCUT2D eigenvalue weighted by Gasteiger charge is 2.26. The van der Waals surface area contributed by atoms with Gasteiger partial charge in [0, 0.05) is 22.1 Å². The summed E-state index contributed by atoms with van der Waals surface area (Å²) in [5, 5.41) is 9.73. The fraction of sp³-hybridized carbons (Fsp3) is 0.188. The first kappa shape index (κ1) is 12.3. The molecule has 0 aliphatic carbocycles. The van der Waals surface area contributed by atoms with Crippen LogP contribution in [0.2, 0.25) is 0 Å². The van der Waals surface area contributed by atoms with Gasteiger partial charge in [0.15, 0.2) is 5.78 Å². The number of fused-ring (bicyclic) bond motifs is 1. The van der Waals surface area contributed by atoms with E-state index < -0.39 is 0 Å². The lowest BCUT2D eigenvalue weighted by Gasteiger charge is -2.23. The third-order valence-electron chi connectivity index (χ3n) is 3.28. The Morgan fingerprint density at radius 2 is 1.95 bits per heavy atom. The maximum absolute atomic E-state index is 12.1. The van der Waals surface area contributed by atoms with Crippen molar-refractivity contribution in [3.63, 3.8) is 0 Å². The number of phenols is 1. The molecule has 0 fully saturated rings. The molecule has 3 heteroatoms. The number of benzene rings is 2. The molecule has 1 aliphatic rings. The van der Waals surface area contributed by atoms with Crippen LogP contribution in [-0.2, 0) is 6.42 Å². The number of ketones is 1. The normalized spacial score (nSPS) is 18.1. The largest absolute Gasteiger partial charge is 0.508 e. The quantitative estimate of drug-likeness (QED) is 0.904. The van der Waals surface area contributed by atoms with E-state index >= 15 is 0 Å². The predicted molar refractivity (Wildman–Crippen MR) is 76.8 cm³/mol. The molecule has 1 unspecified atom stereocenters. The number of carbonyl (C=O) groups is 1. The van der Waals surface area contributed by atoms with Crippen LogP contribution < -0.4 is 0 Å². The van der Waals surface area contributed by atoms with Crippen LogP contribution in [0, 0.1) is 0 Å². The van der Waals surface area contributed by atoms with Crippen LogP contribution in [0.25, 0.3) is 0 Å². The molecule has 96 valence electrons. The van der Waals surface area contributed by atoms with Crippen LogP contribution >= 0.6 is 11.8 Å². The smallest absolute Gasteiger partial charge is 0.165 e. The monoisotopic (exact) mass is 270 g/mol. The third kappa shape index (κ3) is 2.66. The molecule has 19 heavy (non-hydrogen) atoms. The third-order valence-corrected chi connectivity index (χ3v) is 4.55. The van der Waals surface area contributed by atoms with Gasteiger partial charge in [-0.25, -0.2) is 0 Å². The van der Waals surface area contributed by atoms with Crippen molar-refractivity contribution in [1.29, 1.82) is 0 Å². The number of thioether (sulfide) groups is 1.